The molecule has 14 heavy (non-hydrogen) atoms. The lowest BCUT2D eigenvalue weighted by molar-refractivity contribution is 0.0108. The zero-order valence-electron chi connectivity index (χ0n) is 8.70. The molecule has 2 aliphatic rings. The number of hydrogen-bond donors (Lipinski definition) is 1. The zero-order chi connectivity index (χ0) is 10.2. The third-order valence-electron chi connectivity index (χ3n) is 3.57. The van der Waals surface area contributed by atoms with E-state index in [1.54, 1.807) is 0 Å². The van der Waals surface area contributed by atoms with Gasteiger partial charge in [0.05, 0.1) is 0 Å². The van der Waals surface area contributed by atoms with Crippen LogP contribution in [0.4, 0.5) is 0 Å². The van der Waals surface area contributed by atoms with Gasteiger partial charge in [-0.1, -0.05) is 25.7 Å². The summed E-state index contributed by atoms with van der Waals surface area (Å²) in [7, 11) is 0. The van der Waals surface area contributed by atoms with Crippen molar-refractivity contribution in [2.75, 3.05) is 0 Å². The van der Waals surface area contributed by atoms with E-state index >= 15 is 0 Å². The first-order chi connectivity index (χ1) is 6.65. The van der Waals surface area contributed by atoms with Crippen LogP contribution in [0.3, 0.4) is 0 Å². The average Bonchev–Trinajstić information content (AvgIpc) is 2.17. The molecular weight excluding hydrogens is 192 g/mol. The van der Waals surface area contributed by atoms with E-state index in [2.05, 4.69) is 12.8 Å². The number of aliphatic hydroxyl groups is 1. The molecule has 4 atom stereocenters. The monoisotopic (exact) mass is 210 g/mol. The van der Waals surface area contributed by atoms with Crippen molar-refractivity contribution in [2.45, 2.75) is 55.1 Å². The number of rotatable bonds is 0. The van der Waals surface area contributed by atoms with Crippen LogP contribution in [0.2, 0.25) is 0 Å². The third kappa shape index (κ3) is 1.68. The van der Waals surface area contributed by atoms with Gasteiger partial charge in [0.1, 0.15) is 5.60 Å². The highest BCUT2D eigenvalue weighted by atomic mass is 32.2. The van der Waals surface area contributed by atoms with E-state index in [1.807, 2.05) is 11.8 Å². The number of fused-ring (bicyclic) bond motifs is 1. The molecule has 1 heterocycles. The molecule has 0 radical (unpaired) electrons. The molecule has 1 aliphatic heterocycles. The van der Waals surface area contributed by atoms with Gasteiger partial charge in [-0.3, -0.25) is 0 Å². The maximum atomic E-state index is 10.4. The first-order valence-electron chi connectivity index (χ1n) is 5.51. The van der Waals surface area contributed by atoms with Crippen LogP contribution >= 0.6 is 11.8 Å². The van der Waals surface area contributed by atoms with Crippen LogP contribution in [0, 0.1) is 18.3 Å². The fraction of sp³-hybridized carbons (Fsp3) is 0.833. The van der Waals surface area contributed by atoms with Crippen LogP contribution in [0.15, 0.2) is 0 Å². The molecule has 0 amide bonds. The van der Waals surface area contributed by atoms with Crippen LogP contribution in [-0.4, -0.2) is 21.2 Å². The van der Waals surface area contributed by atoms with E-state index in [0.717, 1.165) is 12.8 Å². The molecule has 2 rings (SSSR count). The molecule has 1 aliphatic carbocycles. The molecule has 0 spiro atoms. The maximum absolute atomic E-state index is 10.4. The second-order valence-electron chi connectivity index (χ2n) is 4.65. The van der Waals surface area contributed by atoms with Gasteiger partial charge in [0.15, 0.2) is 0 Å². The van der Waals surface area contributed by atoms with E-state index < -0.39 is 5.60 Å². The summed E-state index contributed by atoms with van der Waals surface area (Å²) in [4.78, 5) is 0. The lowest BCUT2D eigenvalue weighted by Crippen LogP contribution is -2.49. The fourth-order valence-corrected chi connectivity index (χ4v) is 4.71. The topological polar surface area (TPSA) is 20.2 Å². The standard InChI is InChI=1S/C12H18OS/c1-3-12(13)8-9(2)14-11-7-5-4-6-10(11)12/h1,9-11,13H,4-8H2,2H3/t9-,10-,11+,12-/m1/s1. The van der Waals surface area contributed by atoms with Gasteiger partial charge in [-0.15, -0.1) is 6.42 Å². The Bertz CT molecular complexity index is 258. The Kier molecular flexibility index (Phi) is 2.81. The third-order valence-corrected chi connectivity index (χ3v) is 5.12. The highest BCUT2D eigenvalue weighted by Crippen LogP contribution is 2.48. The van der Waals surface area contributed by atoms with Crippen molar-refractivity contribution in [3.05, 3.63) is 0 Å². The molecule has 0 bridgehead atoms. The van der Waals surface area contributed by atoms with E-state index in [9.17, 15) is 5.11 Å². The first kappa shape index (κ1) is 10.4. The maximum Gasteiger partial charge on any atom is 0.130 e. The van der Waals surface area contributed by atoms with Crippen molar-refractivity contribution in [2.24, 2.45) is 5.92 Å². The van der Waals surface area contributed by atoms with Crippen LogP contribution in [-0.2, 0) is 0 Å². The molecule has 0 aromatic rings. The Morgan fingerprint density at radius 2 is 2.14 bits per heavy atom. The molecule has 78 valence electrons. The van der Waals surface area contributed by atoms with Gasteiger partial charge in [0, 0.05) is 16.4 Å². The van der Waals surface area contributed by atoms with Crippen LogP contribution in [0.25, 0.3) is 0 Å². The molecular formula is C12H18OS. The highest BCUT2D eigenvalue weighted by molar-refractivity contribution is 8.00. The molecule has 0 aromatic carbocycles. The minimum Gasteiger partial charge on any atom is -0.377 e. The van der Waals surface area contributed by atoms with Crippen molar-refractivity contribution in [3.63, 3.8) is 0 Å². The van der Waals surface area contributed by atoms with Crippen molar-refractivity contribution in [1.82, 2.24) is 0 Å². The summed E-state index contributed by atoms with van der Waals surface area (Å²) < 4.78 is 0. The molecule has 1 nitrogen and oxygen atoms in total. The van der Waals surface area contributed by atoms with Gasteiger partial charge < -0.3 is 5.11 Å². The summed E-state index contributed by atoms with van der Waals surface area (Å²) in [6.45, 7) is 2.18. The lowest BCUT2D eigenvalue weighted by atomic mass is 9.74. The SMILES string of the molecule is C#C[C@@]1(O)C[C@@H](C)S[C@H]2CCCC[C@H]21. The minimum atomic E-state index is -0.810. The van der Waals surface area contributed by atoms with E-state index in [1.165, 1.54) is 19.3 Å². The second-order valence-corrected chi connectivity index (χ2v) is 6.33. The Balaban J connectivity index is 2.20. The summed E-state index contributed by atoms with van der Waals surface area (Å²) in [6, 6.07) is 0. The predicted molar refractivity (Wildman–Crippen MR) is 61.2 cm³/mol. The molecule has 2 heteroatoms. The largest absolute Gasteiger partial charge is 0.377 e. The fourth-order valence-electron chi connectivity index (χ4n) is 2.91. The van der Waals surface area contributed by atoms with Crippen molar-refractivity contribution in [3.8, 4) is 12.3 Å². The smallest absolute Gasteiger partial charge is 0.130 e. The summed E-state index contributed by atoms with van der Waals surface area (Å²) in [5.41, 5.74) is -0.810. The quantitative estimate of drug-likeness (QED) is 0.620. The summed E-state index contributed by atoms with van der Waals surface area (Å²) in [5.74, 6) is 3.00. The van der Waals surface area contributed by atoms with E-state index in [0.29, 0.717) is 16.4 Å². The van der Waals surface area contributed by atoms with Gasteiger partial charge in [-0.05, 0) is 19.3 Å². The Hall–Kier alpha value is -0.130. The molecule has 1 saturated carbocycles. The summed E-state index contributed by atoms with van der Waals surface area (Å²) in [6.07, 6.45) is 11.2. The Labute approximate surface area is 90.7 Å². The second kappa shape index (κ2) is 3.79. The molecule has 0 unspecified atom stereocenters. The van der Waals surface area contributed by atoms with Crippen LogP contribution < -0.4 is 0 Å². The van der Waals surface area contributed by atoms with Gasteiger partial charge >= 0.3 is 0 Å². The molecule has 0 aromatic heterocycles. The van der Waals surface area contributed by atoms with Crippen LogP contribution in [0.5, 0.6) is 0 Å². The van der Waals surface area contributed by atoms with E-state index in [4.69, 9.17) is 6.42 Å². The molecule has 1 N–H and O–H groups in total. The highest BCUT2D eigenvalue weighted by Gasteiger charge is 2.46. The number of thioether (sulfide) groups is 1. The lowest BCUT2D eigenvalue weighted by Gasteiger charge is -2.46. The Morgan fingerprint density at radius 1 is 1.43 bits per heavy atom. The van der Waals surface area contributed by atoms with Gasteiger partial charge in [0.2, 0.25) is 0 Å². The normalized spacial score (nSPS) is 47.9. The zero-order valence-corrected chi connectivity index (χ0v) is 9.52. The Morgan fingerprint density at radius 3 is 2.86 bits per heavy atom. The minimum absolute atomic E-state index is 0.349. The van der Waals surface area contributed by atoms with Crippen LogP contribution in [0.1, 0.15) is 39.0 Å². The molecule has 1 saturated heterocycles. The van der Waals surface area contributed by atoms with Crippen molar-refractivity contribution < 1.29 is 5.11 Å². The van der Waals surface area contributed by atoms with Gasteiger partial charge in [-0.2, -0.15) is 11.8 Å². The average molecular weight is 210 g/mol. The first-order valence-corrected chi connectivity index (χ1v) is 6.45. The van der Waals surface area contributed by atoms with Gasteiger partial charge in [-0.25, -0.2) is 0 Å². The molecule has 2 fully saturated rings. The number of terminal acetylenes is 1. The predicted octanol–water partition coefficient (Wildman–Crippen LogP) is 2.43. The summed E-state index contributed by atoms with van der Waals surface area (Å²) in [5, 5.41) is 11.5. The van der Waals surface area contributed by atoms with Crippen molar-refractivity contribution in [1.29, 1.82) is 0 Å². The summed E-state index contributed by atoms with van der Waals surface area (Å²) >= 11 is 2.03. The van der Waals surface area contributed by atoms with E-state index in [-0.39, 0.29) is 0 Å². The number of hydrogen-bond acceptors (Lipinski definition) is 2. The van der Waals surface area contributed by atoms with Crippen molar-refractivity contribution >= 4 is 11.8 Å². The van der Waals surface area contributed by atoms with Gasteiger partial charge in [0.25, 0.3) is 0 Å².